The number of aliphatic hydroxyl groups excluding tert-OH is 1. The summed E-state index contributed by atoms with van der Waals surface area (Å²) < 4.78 is 36.2. The summed E-state index contributed by atoms with van der Waals surface area (Å²) >= 11 is 0. The molecule has 7 heteroatoms. The Morgan fingerprint density at radius 2 is 2.21 bits per heavy atom. The molecule has 0 saturated heterocycles. The predicted molar refractivity (Wildman–Crippen MR) is 63.0 cm³/mol. The van der Waals surface area contributed by atoms with E-state index in [0.717, 1.165) is 24.2 Å². The summed E-state index contributed by atoms with van der Waals surface area (Å²) in [6.07, 6.45) is -6.42. The van der Waals surface area contributed by atoms with E-state index in [1.165, 1.54) is 0 Å². The molecule has 0 fully saturated rings. The first-order valence-corrected chi connectivity index (χ1v) is 5.77. The van der Waals surface area contributed by atoms with Crippen LogP contribution in [-0.2, 0) is 6.42 Å². The van der Waals surface area contributed by atoms with Crippen LogP contribution >= 0.6 is 0 Å². The number of halogens is 3. The number of hydrogen-bond donors (Lipinski definition) is 3. The first-order valence-electron chi connectivity index (χ1n) is 5.77. The van der Waals surface area contributed by atoms with Gasteiger partial charge in [-0.3, -0.25) is 4.79 Å². The number of carbonyl (C=O) groups is 1. The van der Waals surface area contributed by atoms with Gasteiger partial charge in [0.05, 0.1) is 6.54 Å². The van der Waals surface area contributed by atoms with Crippen LogP contribution in [0.5, 0.6) is 0 Å². The van der Waals surface area contributed by atoms with Crippen LogP contribution in [0.2, 0.25) is 0 Å². The van der Waals surface area contributed by atoms with Crippen LogP contribution in [0.15, 0.2) is 18.2 Å². The van der Waals surface area contributed by atoms with Gasteiger partial charge in [0.2, 0.25) is 0 Å². The Morgan fingerprint density at radius 1 is 1.47 bits per heavy atom. The number of carbonyl (C=O) groups excluding carboxylic acids is 1. The summed E-state index contributed by atoms with van der Waals surface area (Å²) in [5, 5.41) is 13.9. The number of fused-ring (bicyclic) bond motifs is 1. The van der Waals surface area contributed by atoms with Crippen LogP contribution in [0.3, 0.4) is 0 Å². The quantitative estimate of drug-likeness (QED) is 0.778. The second kappa shape index (κ2) is 5.08. The molecule has 3 N–H and O–H groups in total. The lowest BCUT2D eigenvalue weighted by Crippen LogP contribution is -2.40. The molecule has 104 valence electrons. The van der Waals surface area contributed by atoms with E-state index in [-0.39, 0.29) is 5.56 Å². The predicted octanol–water partition coefficient (Wildman–Crippen LogP) is 1.31. The Bertz CT molecular complexity index is 488. The molecule has 1 amide bonds. The van der Waals surface area contributed by atoms with Crippen molar-refractivity contribution in [1.82, 2.24) is 5.32 Å². The van der Waals surface area contributed by atoms with Gasteiger partial charge >= 0.3 is 6.18 Å². The fourth-order valence-corrected chi connectivity index (χ4v) is 1.84. The largest absolute Gasteiger partial charge is 0.416 e. The minimum absolute atomic E-state index is 0.266. The normalized spacial score (nSPS) is 15.6. The fourth-order valence-electron chi connectivity index (χ4n) is 1.84. The second-order valence-corrected chi connectivity index (χ2v) is 4.32. The maximum Gasteiger partial charge on any atom is 0.416 e. The average Bonchev–Trinajstić information content (AvgIpc) is 2.81. The first kappa shape index (κ1) is 13.7. The van der Waals surface area contributed by atoms with Crippen molar-refractivity contribution in [3.05, 3.63) is 29.3 Å². The van der Waals surface area contributed by atoms with E-state index in [9.17, 15) is 18.0 Å². The Morgan fingerprint density at radius 3 is 2.89 bits per heavy atom. The van der Waals surface area contributed by atoms with Crippen molar-refractivity contribution in [2.45, 2.75) is 18.7 Å². The summed E-state index contributed by atoms with van der Waals surface area (Å²) in [6, 6.07) is 4.92. The minimum atomic E-state index is -4.73. The molecule has 1 aromatic rings. The van der Waals surface area contributed by atoms with Gasteiger partial charge in [-0.25, -0.2) is 0 Å². The highest BCUT2D eigenvalue weighted by Gasteiger charge is 2.38. The monoisotopic (exact) mass is 274 g/mol. The first-order chi connectivity index (χ1) is 8.88. The van der Waals surface area contributed by atoms with Crippen LogP contribution in [0.25, 0.3) is 0 Å². The number of benzene rings is 1. The smallest absolute Gasteiger partial charge is 0.384 e. The molecular weight excluding hydrogens is 261 g/mol. The van der Waals surface area contributed by atoms with Crippen LogP contribution in [0.1, 0.15) is 15.9 Å². The van der Waals surface area contributed by atoms with E-state index >= 15 is 0 Å². The standard InChI is InChI=1S/C12H13F3N2O2/c13-12(14,15)10(18)6-17-11(19)8-2-1-7-3-4-16-9(7)5-8/h1-2,5,10,16,18H,3-4,6H2,(H,17,19). The van der Waals surface area contributed by atoms with Gasteiger partial charge in [0.25, 0.3) is 5.91 Å². The zero-order valence-corrected chi connectivity index (χ0v) is 9.92. The van der Waals surface area contributed by atoms with Gasteiger partial charge in [-0.05, 0) is 24.1 Å². The van der Waals surface area contributed by atoms with Crippen molar-refractivity contribution < 1.29 is 23.1 Å². The molecule has 0 aromatic heterocycles. The van der Waals surface area contributed by atoms with Crippen molar-refractivity contribution in [2.24, 2.45) is 0 Å². The molecule has 1 heterocycles. The van der Waals surface area contributed by atoms with Crippen LogP contribution < -0.4 is 10.6 Å². The zero-order valence-electron chi connectivity index (χ0n) is 9.92. The maximum absolute atomic E-state index is 12.1. The highest BCUT2D eigenvalue weighted by atomic mass is 19.4. The third-order valence-electron chi connectivity index (χ3n) is 2.92. The molecule has 19 heavy (non-hydrogen) atoms. The highest BCUT2D eigenvalue weighted by molar-refractivity contribution is 5.95. The molecule has 0 spiro atoms. The van der Waals surface area contributed by atoms with Gasteiger partial charge in [-0.1, -0.05) is 6.07 Å². The van der Waals surface area contributed by atoms with Crippen molar-refractivity contribution in [1.29, 1.82) is 0 Å². The molecule has 0 radical (unpaired) electrons. The van der Waals surface area contributed by atoms with E-state index in [1.807, 2.05) is 0 Å². The van der Waals surface area contributed by atoms with Gasteiger partial charge in [0.1, 0.15) is 0 Å². The molecule has 4 nitrogen and oxygen atoms in total. The summed E-state index contributed by atoms with van der Waals surface area (Å²) in [4.78, 5) is 11.7. The van der Waals surface area contributed by atoms with Gasteiger partial charge in [-0.15, -0.1) is 0 Å². The number of alkyl halides is 3. The fraction of sp³-hybridized carbons (Fsp3) is 0.417. The summed E-state index contributed by atoms with van der Waals surface area (Å²) in [6.45, 7) is -0.0694. The number of rotatable bonds is 3. The van der Waals surface area contributed by atoms with Crippen molar-refractivity contribution in [3.8, 4) is 0 Å². The molecule has 0 aliphatic carbocycles. The highest BCUT2D eigenvalue weighted by Crippen LogP contribution is 2.23. The van der Waals surface area contributed by atoms with E-state index in [1.54, 1.807) is 18.2 Å². The molecule has 1 aromatic carbocycles. The Labute approximate surface area is 107 Å². The van der Waals surface area contributed by atoms with E-state index in [2.05, 4.69) is 10.6 Å². The molecule has 2 rings (SSSR count). The lowest BCUT2D eigenvalue weighted by molar-refractivity contribution is -0.201. The molecule has 1 aliphatic rings. The summed E-state index contributed by atoms with van der Waals surface area (Å²) in [7, 11) is 0. The molecule has 1 atom stereocenters. The Kier molecular flexibility index (Phi) is 3.66. The van der Waals surface area contributed by atoms with E-state index in [0.29, 0.717) is 0 Å². The number of nitrogens with one attached hydrogen (secondary N) is 2. The van der Waals surface area contributed by atoms with Crippen molar-refractivity contribution in [3.63, 3.8) is 0 Å². The topological polar surface area (TPSA) is 61.4 Å². The van der Waals surface area contributed by atoms with Gasteiger partial charge < -0.3 is 15.7 Å². The molecule has 0 saturated carbocycles. The van der Waals surface area contributed by atoms with Gasteiger partial charge in [0, 0.05) is 17.8 Å². The maximum atomic E-state index is 12.1. The van der Waals surface area contributed by atoms with Crippen LogP contribution in [-0.4, -0.2) is 36.4 Å². The van der Waals surface area contributed by atoms with E-state index in [4.69, 9.17) is 5.11 Å². The minimum Gasteiger partial charge on any atom is -0.384 e. The number of aliphatic hydroxyl groups is 1. The molecule has 1 unspecified atom stereocenters. The molecular formula is C12H13F3N2O2. The number of anilines is 1. The van der Waals surface area contributed by atoms with Crippen LogP contribution in [0, 0.1) is 0 Å². The number of amides is 1. The molecule has 1 aliphatic heterocycles. The second-order valence-electron chi connectivity index (χ2n) is 4.32. The third kappa shape index (κ3) is 3.17. The SMILES string of the molecule is O=C(NCC(O)C(F)(F)F)c1ccc2c(c1)NCC2. The lowest BCUT2D eigenvalue weighted by atomic mass is 10.1. The number of hydrogen-bond acceptors (Lipinski definition) is 3. The Balaban J connectivity index is 1.97. The third-order valence-corrected chi connectivity index (χ3v) is 2.92. The van der Waals surface area contributed by atoms with Gasteiger partial charge in [-0.2, -0.15) is 13.2 Å². The zero-order chi connectivity index (χ0) is 14.0. The van der Waals surface area contributed by atoms with E-state index < -0.39 is 24.7 Å². The summed E-state index contributed by atoms with van der Waals surface area (Å²) in [5.74, 6) is -0.639. The molecule has 0 bridgehead atoms. The van der Waals surface area contributed by atoms with Crippen molar-refractivity contribution in [2.75, 3.05) is 18.4 Å². The summed E-state index contributed by atoms with van der Waals surface area (Å²) in [5.41, 5.74) is 2.17. The van der Waals surface area contributed by atoms with Crippen molar-refractivity contribution >= 4 is 11.6 Å². The van der Waals surface area contributed by atoms with Crippen LogP contribution in [0.4, 0.5) is 18.9 Å². The average molecular weight is 274 g/mol. The van der Waals surface area contributed by atoms with Gasteiger partial charge in [0.15, 0.2) is 6.10 Å². The Hall–Kier alpha value is -1.76. The lowest BCUT2D eigenvalue weighted by Gasteiger charge is -2.15.